The van der Waals surface area contributed by atoms with Crippen LogP contribution in [-0.4, -0.2) is 125 Å². The predicted molar refractivity (Wildman–Crippen MR) is 172 cm³/mol. The van der Waals surface area contributed by atoms with Gasteiger partial charge in [0.1, 0.15) is 11.6 Å². The first-order valence-corrected chi connectivity index (χ1v) is 15.6. The van der Waals surface area contributed by atoms with Crippen LogP contribution in [-0.2, 0) is 15.8 Å². The number of carbonyl (C=O) groups is 3. The second-order valence-corrected chi connectivity index (χ2v) is 11.6. The van der Waals surface area contributed by atoms with Crippen LogP contribution < -0.4 is 25.8 Å². The van der Waals surface area contributed by atoms with Crippen molar-refractivity contribution in [2.24, 2.45) is 0 Å². The summed E-state index contributed by atoms with van der Waals surface area (Å²) in [6.45, 7) is 6.24. The molecule has 7 N–H and O–H groups in total. The van der Waals surface area contributed by atoms with Crippen molar-refractivity contribution in [3.05, 3.63) is 34.9 Å². The summed E-state index contributed by atoms with van der Waals surface area (Å²) in [6.07, 6.45) is -4.46. The van der Waals surface area contributed by atoms with Crippen LogP contribution in [0.2, 0.25) is 5.02 Å². The lowest BCUT2D eigenvalue weighted by Crippen LogP contribution is -2.39. The average Bonchev–Trinajstić information content (AvgIpc) is 3.76. The highest BCUT2D eigenvalue weighted by Crippen LogP contribution is 2.36. The van der Waals surface area contributed by atoms with Crippen molar-refractivity contribution in [3.8, 4) is 0 Å². The van der Waals surface area contributed by atoms with Gasteiger partial charge in [-0.25, -0.2) is 14.4 Å². The van der Waals surface area contributed by atoms with Crippen molar-refractivity contribution in [2.75, 3.05) is 79.8 Å². The first kappa shape index (κ1) is 38.3. The minimum absolute atomic E-state index is 0.0169. The van der Waals surface area contributed by atoms with Crippen LogP contribution in [0.3, 0.4) is 0 Å². The third kappa shape index (κ3) is 11.8. The maximum absolute atomic E-state index is 13.0. The lowest BCUT2D eigenvalue weighted by molar-refractivity contribution is -0.165. The van der Waals surface area contributed by atoms with Crippen molar-refractivity contribution >= 4 is 52.8 Å². The van der Waals surface area contributed by atoms with Gasteiger partial charge in [-0.1, -0.05) is 11.6 Å². The number of carbonyl (C=O) groups excluding carboxylic acids is 1. The number of hydrogen-bond donors (Lipinski definition) is 7. The molecule has 15 nitrogen and oxygen atoms in total. The van der Waals surface area contributed by atoms with E-state index in [0.29, 0.717) is 26.2 Å². The van der Waals surface area contributed by atoms with Gasteiger partial charge in [0.2, 0.25) is 5.95 Å². The Morgan fingerprint density at radius 2 is 1.48 bits per heavy atom. The minimum atomic E-state index is -4.60. The first-order valence-electron chi connectivity index (χ1n) is 15.2. The van der Waals surface area contributed by atoms with E-state index in [1.54, 1.807) is 0 Å². The van der Waals surface area contributed by atoms with Gasteiger partial charge in [0.05, 0.1) is 10.6 Å². The zero-order chi connectivity index (χ0) is 35.4. The van der Waals surface area contributed by atoms with E-state index in [-0.39, 0.29) is 5.69 Å². The van der Waals surface area contributed by atoms with E-state index < -0.39 is 46.9 Å². The number of likely N-dealkylation sites (N-methyl/N-ethyl adjacent to an activating group) is 1. The fourth-order valence-corrected chi connectivity index (χ4v) is 5.02. The number of urea groups is 1. The molecule has 2 aliphatic heterocycles. The number of alkyl halides is 3. The smallest absolute Gasteiger partial charge is 0.417 e. The molecule has 48 heavy (non-hydrogen) atoms. The minimum Gasteiger partial charge on any atom is -0.479 e. The molecule has 0 spiro atoms. The lowest BCUT2D eigenvalue weighted by atomic mass is 10.2. The fourth-order valence-electron chi connectivity index (χ4n) is 4.79. The largest absolute Gasteiger partial charge is 0.479 e. The van der Waals surface area contributed by atoms with Gasteiger partial charge in [-0.2, -0.15) is 23.1 Å². The van der Waals surface area contributed by atoms with Crippen LogP contribution >= 0.6 is 11.6 Å². The van der Waals surface area contributed by atoms with E-state index >= 15 is 0 Å². The van der Waals surface area contributed by atoms with Gasteiger partial charge < -0.3 is 51.1 Å². The summed E-state index contributed by atoms with van der Waals surface area (Å²) in [5.41, 5.74) is -0.976. The lowest BCUT2D eigenvalue weighted by Gasteiger charge is -2.22. The highest BCUT2D eigenvalue weighted by molar-refractivity contribution is 6.31. The van der Waals surface area contributed by atoms with Gasteiger partial charge in [-0.15, -0.1) is 0 Å². The maximum atomic E-state index is 13.0. The van der Waals surface area contributed by atoms with Crippen molar-refractivity contribution in [3.63, 3.8) is 0 Å². The molecule has 2 aromatic rings. The summed E-state index contributed by atoms with van der Waals surface area (Å²) in [6, 6.07) is 4.68. The number of carboxylic acid groups (broad SMARTS) is 2. The monoisotopic (exact) mass is 704 g/mol. The van der Waals surface area contributed by atoms with Crippen LogP contribution in [0.4, 0.5) is 41.2 Å². The highest BCUT2D eigenvalue weighted by Gasteiger charge is 2.33. The topological polar surface area (TPSA) is 204 Å². The van der Waals surface area contributed by atoms with Crippen LogP contribution in [0.15, 0.2) is 24.3 Å². The normalized spacial score (nSPS) is 15.8. The number of aliphatic carboxylic acids is 2. The van der Waals surface area contributed by atoms with E-state index in [9.17, 15) is 27.6 Å². The highest BCUT2D eigenvalue weighted by atomic mass is 35.5. The van der Waals surface area contributed by atoms with Gasteiger partial charge in [0, 0.05) is 64.1 Å². The Hall–Kier alpha value is -4.13. The third-order valence-electron chi connectivity index (χ3n) is 7.43. The van der Waals surface area contributed by atoms with E-state index in [1.807, 2.05) is 18.0 Å². The van der Waals surface area contributed by atoms with Gasteiger partial charge in [-0.3, -0.25) is 0 Å². The van der Waals surface area contributed by atoms with Crippen molar-refractivity contribution < 1.29 is 48.0 Å². The zero-order valence-electron chi connectivity index (χ0n) is 26.2. The molecule has 1 aromatic heterocycles. The number of aromatic nitrogens is 2. The van der Waals surface area contributed by atoms with Crippen LogP contribution in [0.1, 0.15) is 31.2 Å². The molecule has 266 valence electrons. The van der Waals surface area contributed by atoms with Gasteiger partial charge >= 0.3 is 24.1 Å². The van der Waals surface area contributed by atoms with E-state index in [1.165, 1.54) is 18.9 Å². The van der Waals surface area contributed by atoms with E-state index in [2.05, 4.69) is 25.8 Å². The summed E-state index contributed by atoms with van der Waals surface area (Å²) in [7, 11) is 1.93. The average molecular weight is 705 g/mol. The molecule has 2 atom stereocenters. The molecule has 1 aromatic carbocycles. The number of hydrogen-bond acceptors (Lipinski definition) is 11. The molecule has 2 aliphatic rings. The predicted octanol–water partition coefficient (Wildman–Crippen LogP) is 2.39. The molecule has 19 heteroatoms. The van der Waals surface area contributed by atoms with Crippen LogP contribution in [0.25, 0.3) is 0 Å². The van der Waals surface area contributed by atoms with Crippen LogP contribution in [0.5, 0.6) is 0 Å². The summed E-state index contributed by atoms with van der Waals surface area (Å²) in [5.74, 6) is -0.991. The van der Waals surface area contributed by atoms with Crippen LogP contribution in [0, 0.1) is 0 Å². The quantitative estimate of drug-likeness (QED) is 0.160. The number of nitrogens with zero attached hydrogens (tertiary/aromatic N) is 5. The second-order valence-electron chi connectivity index (χ2n) is 11.2. The number of carboxylic acids is 2. The number of rotatable bonds is 13. The van der Waals surface area contributed by atoms with Gasteiger partial charge in [-0.05, 0) is 50.9 Å². The van der Waals surface area contributed by atoms with Crippen molar-refractivity contribution in [1.82, 2.24) is 20.2 Å². The number of amides is 2. The van der Waals surface area contributed by atoms with Gasteiger partial charge in [0.15, 0.2) is 12.2 Å². The number of benzene rings is 1. The van der Waals surface area contributed by atoms with Crippen molar-refractivity contribution in [2.45, 2.75) is 44.1 Å². The Kier molecular flexibility index (Phi) is 14.3. The Bertz CT molecular complexity index is 1340. The number of halogens is 4. The number of nitrogens with one attached hydrogen (secondary N) is 3. The Labute approximate surface area is 279 Å². The molecule has 3 heterocycles. The third-order valence-corrected chi connectivity index (χ3v) is 7.76. The fraction of sp³-hybridized carbons (Fsp3) is 0.552. The molecule has 0 bridgehead atoms. The second kappa shape index (κ2) is 17.9. The molecular weight excluding hydrogens is 665 g/mol. The molecule has 2 unspecified atom stereocenters. The number of anilines is 4. The molecule has 4 rings (SSSR count). The SMILES string of the molecule is CN(CCNC(=O)Nc1ccc(Cl)c(C(F)(F)F)c1)CCNc1cc(N2CCCC2)nc(N2CCCC2)n1.O=C(O)C(O)C(O)C(=O)O. The summed E-state index contributed by atoms with van der Waals surface area (Å²) >= 11 is 5.62. The van der Waals surface area contributed by atoms with E-state index in [0.717, 1.165) is 68.7 Å². The van der Waals surface area contributed by atoms with E-state index in [4.69, 9.17) is 42.0 Å². The number of aliphatic hydroxyl groups is 2. The molecule has 0 saturated carbocycles. The zero-order valence-corrected chi connectivity index (χ0v) is 27.0. The standard InChI is InChI=1S/C25H34ClF3N8O.C4H6O6/c1-35(15-9-31-24(38)32-18-6-7-20(26)19(16-18)25(27,28)29)14-8-30-21-17-22(36-10-2-3-11-36)34-23(33-21)37-12-4-5-13-37;5-1(3(7)8)2(6)4(9)10/h6-7,16-17H,2-5,8-15H2,1H3,(H,30,33,34)(H2,31,32,38);1-2,5-6H,(H,7,8)(H,9,10). The maximum Gasteiger partial charge on any atom is 0.417 e. The molecule has 2 fully saturated rings. The first-order chi connectivity index (χ1) is 22.6. The Morgan fingerprint density at radius 3 is 2.04 bits per heavy atom. The molecule has 0 radical (unpaired) electrons. The molecule has 0 aliphatic carbocycles. The Balaban J connectivity index is 0.000000542. The Morgan fingerprint density at radius 1 is 0.917 bits per heavy atom. The summed E-state index contributed by atoms with van der Waals surface area (Å²) < 4.78 is 39.0. The molecule has 2 saturated heterocycles. The summed E-state index contributed by atoms with van der Waals surface area (Å²) in [5, 5.41) is 40.6. The summed E-state index contributed by atoms with van der Waals surface area (Å²) in [4.78, 5) is 47.8. The van der Waals surface area contributed by atoms with Crippen molar-refractivity contribution in [1.29, 1.82) is 0 Å². The molecular formula is C29H40ClF3N8O7. The molecule has 2 amide bonds. The number of aliphatic hydroxyl groups excluding tert-OH is 2. The van der Waals surface area contributed by atoms with Gasteiger partial charge in [0.25, 0.3) is 0 Å².